The van der Waals surface area contributed by atoms with Crippen LogP contribution in [0.1, 0.15) is 31.2 Å². The van der Waals surface area contributed by atoms with Crippen molar-refractivity contribution in [2.75, 3.05) is 20.3 Å². The van der Waals surface area contributed by atoms with Crippen LogP contribution < -0.4 is 4.74 Å². The van der Waals surface area contributed by atoms with Crippen LogP contribution in [0.25, 0.3) is 0 Å². The number of hydrogen-bond donors (Lipinski definition) is 1. The standard InChI is InChI=1S/C15H23NO4S/c1-12-6-7-14(20-2)15(11-12)21(18,19)16-9-4-3-5-13(16)8-10-17/h6-7,11,13,17H,3-5,8-10H2,1-2H3. The zero-order chi connectivity index (χ0) is 15.5. The summed E-state index contributed by atoms with van der Waals surface area (Å²) in [7, 11) is -2.12. The minimum Gasteiger partial charge on any atom is -0.495 e. The molecule has 0 spiro atoms. The molecule has 0 bridgehead atoms. The van der Waals surface area contributed by atoms with Gasteiger partial charge in [-0.2, -0.15) is 4.31 Å². The van der Waals surface area contributed by atoms with Crippen LogP contribution in [0.5, 0.6) is 5.75 Å². The second-order valence-corrected chi connectivity index (χ2v) is 7.29. The molecule has 1 aromatic rings. The lowest BCUT2D eigenvalue weighted by molar-refractivity contribution is 0.192. The van der Waals surface area contributed by atoms with Crippen molar-refractivity contribution in [2.45, 2.75) is 43.5 Å². The molecule has 1 aliphatic heterocycles. The molecule has 1 aromatic carbocycles. The van der Waals surface area contributed by atoms with Crippen molar-refractivity contribution in [2.24, 2.45) is 0 Å². The minimum absolute atomic E-state index is 0.00163. The number of benzene rings is 1. The first-order valence-corrected chi connectivity index (χ1v) is 8.72. The maximum atomic E-state index is 13.0. The van der Waals surface area contributed by atoms with Crippen molar-refractivity contribution in [3.63, 3.8) is 0 Å². The maximum absolute atomic E-state index is 13.0. The Morgan fingerprint density at radius 3 is 2.81 bits per heavy atom. The molecule has 1 aliphatic rings. The van der Waals surface area contributed by atoms with E-state index < -0.39 is 10.0 Å². The molecule has 0 aliphatic carbocycles. The summed E-state index contributed by atoms with van der Waals surface area (Å²) in [5.41, 5.74) is 0.880. The van der Waals surface area contributed by atoms with E-state index in [1.807, 2.05) is 13.0 Å². The fourth-order valence-corrected chi connectivity index (χ4v) is 4.81. The van der Waals surface area contributed by atoms with Gasteiger partial charge in [-0.25, -0.2) is 8.42 Å². The third-order valence-corrected chi connectivity index (χ3v) is 5.91. The number of aryl methyl sites for hydroxylation is 1. The monoisotopic (exact) mass is 313 g/mol. The van der Waals surface area contributed by atoms with Gasteiger partial charge in [-0.15, -0.1) is 0 Å². The first kappa shape index (κ1) is 16.3. The van der Waals surface area contributed by atoms with Gasteiger partial charge in [0.05, 0.1) is 7.11 Å². The van der Waals surface area contributed by atoms with Crippen LogP contribution in [0.3, 0.4) is 0 Å². The molecule has 5 nitrogen and oxygen atoms in total. The average molecular weight is 313 g/mol. The SMILES string of the molecule is COc1ccc(C)cc1S(=O)(=O)N1CCCCC1CCO. The summed E-state index contributed by atoms with van der Waals surface area (Å²) in [4.78, 5) is 0.217. The summed E-state index contributed by atoms with van der Waals surface area (Å²) in [5, 5.41) is 9.17. The number of sulfonamides is 1. The van der Waals surface area contributed by atoms with Crippen molar-refractivity contribution in [3.8, 4) is 5.75 Å². The molecule has 118 valence electrons. The third-order valence-electron chi connectivity index (χ3n) is 3.94. The Morgan fingerprint density at radius 1 is 1.38 bits per heavy atom. The Morgan fingerprint density at radius 2 is 2.14 bits per heavy atom. The predicted molar refractivity (Wildman–Crippen MR) is 81.0 cm³/mol. The fraction of sp³-hybridized carbons (Fsp3) is 0.600. The van der Waals surface area contributed by atoms with E-state index in [1.54, 1.807) is 12.1 Å². The molecule has 1 unspecified atom stereocenters. The quantitative estimate of drug-likeness (QED) is 0.902. The number of nitrogens with zero attached hydrogens (tertiary/aromatic N) is 1. The zero-order valence-electron chi connectivity index (χ0n) is 12.6. The van der Waals surface area contributed by atoms with Crippen LogP contribution in [0.2, 0.25) is 0 Å². The number of piperidine rings is 1. The Labute approximate surface area is 126 Å². The number of hydrogen-bond acceptors (Lipinski definition) is 4. The van der Waals surface area contributed by atoms with E-state index in [0.29, 0.717) is 18.7 Å². The summed E-state index contributed by atoms with van der Waals surface area (Å²) in [5.74, 6) is 0.369. The first-order chi connectivity index (χ1) is 10.0. The van der Waals surface area contributed by atoms with E-state index >= 15 is 0 Å². The predicted octanol–water partition coefficient (Wildman–Crippen LogP) is 1.93. The molecule has 2 rings (SSSR count). The summed E-state index contributed by atoms with van der Waals surface area (Å²) >= 11 is 0. The molecule has 0 radical (unpaired) electrons. The topological polar surface area (TPSA) is 66.8 Å². The summed E-state index contributed by atoms with van der Waals surface area (Å²) in [6.07, 6.45) is 3.14. The van der Waals surface area contributed by atoms with Crippen LogP contribution in [-0.2, 0) is 10.0 Å². The van der Waals surface area contributed by atoms with Gasteiger partial charge in [-0.05, 0) is 43.9 Å². The number of aliphatic hydroxyl groups excluding tert-OH is 1. The highest BCUT2D eigenvalue weighted by Gasteiger charge is 2.34. The lowest BCUT2D eigenvalue weighted by atomic mass is 10.0. The van der Waals surface area contributed by atoms with Crippen LogP contribution in [0.15, 0.2) is 23.1 Å². The van der Waals surface area contributed by atoms with Gasteiger partial charge in [0.15, 0.2) is 0 Å². The van der Waals surface area contributed by atoms with Gasteiger partial charge < -0.3 is 9.84 Å². The Hall–Kier alpha value is -1.11. The molecule has 1 atom stereocenters. The minimum atomic E-state index is -3.60. The van der Waals surface area contributed by atoms with Crippen molar-refractivity contribution in [1.82, 2.24) is 4.31 Å². The van der Waals surface area contributed by atoms with E-state index in [0.717, 1.165) is 24.8 Å². The summed E-state index contributed by atoms with van der Waals surface area (Å²) < 4.78 is 32.7. The molecule has 21 heavy (non-hydrogen) atoms. The summed E-state index contributed by atoms with van der Waals surface area (Å²) in [6, 6.07) is 5.05. The molecule has 0 aromatic heterocycles. The smallest absolute Gasteiger partial charge is 0.247 e. The van der Waals surface area contributed by atoms with Crippen LogP contribution in [0, 0.1) is 6.92 Å². The lowest BCUT2D eigenvalue weighted by Gasteiger charge is -2.34. The molecule has 1 heterocycles. The van der Waals surface area contributed by atoms with Gasteiger partial charge >= 0.3 is 0 Å². The Bertz CT molecular complexity index is 583. The summed E-state index contributed by atoms with van der Waals surface area (Å²) in [6.45, 7) is 2.37. The molecule has 1 fully saturated rings. The number of aliphatic hydroxyl groups is 1. The number of rotatable bonds is 5. The van der Waals surface area contributed by atoms with Gasteiger partial charge in [0.2, 0.25) is 10.0 Å². The molecule has 0 saturated carbocycles. The third kappa shape index (κ3) is 3.39. The van der Waals surface area contributed by atoms with Gasteiger partial charge in [-0.3, -0.25) is 0 Å². The van der Waals surface area contributed by atoms with Crippen molar-refractivity contribution in [3.05, 3.63) is 23.8 Å². The van der Waals surface area contributed by atoms with Gasteiger partial charge in [0.1, 0.15) is 10.6 Å². The van der Waals surface area contributed by atoms with E-state index in [-0.39, 0.29) is 17.5 Å². The number of methoxy groups -OCH3 is 1. The largest absolute Gasteiger partial charge is 0.495 e. The Balaban J connectivity index is 2.42. The van der Waals surface area contributed by atoms with E-state index in [1.165, 1.54) is 11.4 Å². The van der Waals surface area contributed by atoms with E-state index in [4.69, 9.17) is 4.74 Å². The van der Waals surface area contributed by atoms with Crippen molar-refractivity contribution in [1.29, 1.82) is 0 Å². The van der Waals surface area contributed by atoms with Crippen LogP contribution in [-0.4, -0.2) is 44.1 Å². The maximum Gasteiger partial charge on any atom is 0.247 e. The molecule has 1 saturated heterocycles. The fourth-order valence-electron chi connectivity index (χ4n) is 2.84. The zero-order valence-corrected chi connectivity index (χ0v) is 13.4. The van der Waals surface area contributed by atoms with E-state index in [9.17, 15) is 13.5 Å². The highest BCUT2D eigenvalue weighted by atomic mass is 32.2. The first-order valence-electron chi connectivity index (χ1n) is 7.28. The van der Waals surface area contributed by atoms with Crippen molar-refractivity contribution >= 4 is 10.0 Å². The second kappa shape index (κ2) is 6.77. The molecule has 1 N–H and O–H groups in total. The van der Waals surface area contributed by atoms with Gasteiger partial charge in [0.25, 0.3) is 0 Å². The van der Waals surface area contributed by atoms with Crippen molar-refractivity contribution < 1.29 is 18.3 Å². The average Bonchev–Trinajstić information content (AvgIpc) is 2.48. The molecular formula is C15H23NO4S. The lowest BCUT2D eigenvalue weighted by Crippen LogP contribution is -2.44. The Kier molecular flexibility index (Phi) is 5.24. The molecule has 0 amide bonds. The highest BCUT2D eigenvalue weighted by Crippen LogP contribution is 2.32. The van der Waals surface area contributed by atoms with Crippen LogP contribution >= 0.6 is 0 Å². The van der Waals surface area contributed by atoms with Gasteiger partial charge in [-0.1, -0.05) is 12.5 Å². The highest BCUT2D eigenvalue weighted by molar-refractivity contribution is 7.89. The van der Waals surface area contributed by atoms with Gasteiger partial charge in [0, 0.05) is 19.2 Å². The number of ether oxygens (including phenoxy) is 1. The van der Waals surface area contributed by atoms with Crippen LogP contribution in [0.4, 0.5) is 0 Å². The van der Waals surface area contributed by atoms with E-state index in [2.05, 4.69) is 0 Å². The normalized spacial score (nSPS) is 20.4. The second-order valence-electron chi connectivity index (χ2n) is 5.43. The molecular weight excluding hydrogens is 290 g/mol. The molecule has 6 heteroatoms.